The Morgan fingerprint density at radius 1 is 0.786 bits per heavy atom. The third kappa shape index (κ3) is 14.0. The second-order valence-electron chi connectivity index (χ2n) is 11.1. The van der Waals surface area contributed by atoms with Gasteiger partial charge in [0.2, 0.25) is 0 Å². The van der Waals surface area contributed by atoms with Crippen LogP contribution in [0.15, 0.2) is 0 Å². The van der Waals surface area contributed by atoms with E-state index in [0.717, 1.165) is 17.9 Å². The molecule has 1 heteroatoms. The van der Waals surface area contributed by atoms with Crippen LogP contribution in [0.2, 0.25) is 0 Å². The second-order valence-corrected chi connectivity index (χ2v) is 11.1. The summed E-state index contributed by atoms with van der Waals surface area (Å²) in [5.74, 6) is 2.07. The fourth-order valence-electron chi connectivity index (χ4n) is 5.24. The van der Waals surface area contributed by atoms with Crippen molar-refractivity contribution in [2.24, 2.45) is 17.3 Å². The summed E-state index contributed by atoms with van der Waals surface area (Å²) in [7, 11) is 0. The van der Waals surface area contributed by atoms with Gasteiger partial charge in [-0.3, -0.25) is 0 Å². The first-order valence-electron chi connectivity index (χ1n) is 13.2. The van der Waals surface area contributed by atoms with E-state index in [-0.39, 0.29) is 0 Å². The lowest BCUT2D eigenvalue weighted by Gasteiger charge is -2.38. The van der Waals surface area contributed by atoms with Gasteiger partial charge in [-0.05, 0) is 69.2 Å². The number of nitrogens with one attached hydrogen (secondary N) is 1. The molecule has 2 aliphatic rings. The topological polar surface area (TPSA) is 12.0 Å². The molecule has 1 N–H and O–H groups in total. The molecule has 0 aromatic rings. The highest BCUT2D eigenvalue weighted by Gasteiger charge is 2.30. The van der Waals surface area contributed by atoms with Gasteiger partial charge < -0.3 is 5.32 Å². The van der Waals surface area contributed by atoms with E-state index in [1.165, 1.54) is 116 Å². The van der Waals surface area contributed by atoms with Gasteiger partial charge in [-0.2, -0.15) is 0 Å². The normalized spacial score (nSPS) is 25.0. The highest BCUT2D eigenvalue weighted by atomic mass is 14.9. The average molecular weight is 394 g/mol. The fraction of sp³-hybridized carbons (Fsp3) is 1.00. The van der Waals surface area contributed by atoms with Crippen LogP contribution >= 0.6 is 0 Å². The van der Waals surface area contributed by atoms with Gasteiger partial charge in [-0.15, -0.1) is 0 Å². The minimum Gasteiger partial charge on any atom is -0.314 e. The summed E-state index contributed by atoms with van der Waals surface area (Å²) in [4.78, 5) is 0. The lowest BCUT2D eigenvalue weighted by atomic mass is 9.67. The lowest BCUT2D eigenvalue weighted by molar-refractivity contribution is 0.130. The molecule has 0 amide bonds. The van der Waals surface area contributed by atoms with Crippen LogP contribution in [0.5, 0.6) is 0 Å². The standard InChI is InChI=1S/C21H42.C6H13N/c1-5-6-7-8-9-10-11-12-13-14-15-21(3,4)18-20-16-19(2)17-20;1-6-4-2-3-5-7-6/h19-20H,5-18H2,1-4H3;6-7H,2-5H2,1H3. The molecule has 0 aromatic heterocycles. The molecule has 1 heterocycles. The van der Waals surface area contributed by atoms with E-state index < -0.39 is 0 Å². The summed E-state index contributed by atoms with van der Waals surface area (Å²) >= 11 is 0. The van der Waals surface area contributed by atoms with Gasteiger partial charge >= 0.3 is 0 Å². The van der Waals surface area contributed by atoms with E-state index in [1.54, 1.807) is 0 Å². The number of unbranched alkanes of at least 4 members (excludes halogenated alkanes) is 9. The van der Waals surface area contributed by atoms with Crippen molar-refractivity contribution in [1.29, 1.82) is 0 Å². The van der Waals surface area contributed by atoms with Crippen LogP contribution in [0, 0.1) is 17.3 Å². The molecule has 0 spiro atoms. The fourth-order valence-corrected chi connectivity index (χ4v) is 5.24. The molecule has 2 rings (SSSR count). The summed E-state index contributed by atoms with van der Waals surface area (Å²) in [5.41, 5.74) is 0.602. The van der Waals surface area contributed by atoms with Crippen molar-refractivity contribution >= 4 is 0 Å². The summed E-state index contributed by atoms with van der Waals surface area (Å²) in [6, 6.07) is 0.786. The molecule has 28 heavy (non-hydrogen) atoms. The van der Waals surface area contributed by atoms with Crippen molar-refractivity contribution in [3.05, 3.63) is 0 Å². The van der Waals surface area contributed by atoms with E-state index in [0.29, 0.717) is 5.41 Å². The lowest BCUT2D eigenvalue weighted by Crippen LogP contribution is -2.30. The molecule has 1 nitrogen and oxygen atoms in total. The van der Waals surface area contributed by atoms with Crippen molar-refractivity contribution in [1.82, 2.24) is 5.32 Å². The van der Waals surface area contributed by atoms with Crippen molar-refractivity contribution in [3.8, 4) is 0 Å². The number of hydrogen-bond donors (Lipinski definition) is 1. The monoisotopic (exact) mass is 393 g/mol. The molecule has 1 unspecified atom stereocenters. The van der Waals surface area contributed by atoms with E-state index in [9.17, 15) is 0 Å². The molecule has 1 saturated heterocycles. The quantitative estimate of drug-likeness (QED) is 0.308. The second kappa shape index (κ2) is 15.8. The summed E-state index contributed by atoms with van der Waals surface area (Å²) in [6.45, 7) is 13.2. The zero-order valence-electron chi connectivity index (χ0n) is 20.5. The largest absolute Gasteiger partial charge is 0.314 e. The minimum absolute atomic E-state index is 0.602. The zero-order valence-corrected chi connectivity index (χ0v) is 20.5. The predicted molar refractivity (Wildman–Crippen MR) is 128 cm³/mol. The first kappa shape index (κ1) is 26.0. The molecule has 2 fully saturated rings. The molecular weight excluding hydrogens is 338 g/mol. The van der Waals surface area contributed by atoms with Gasteiger partial charge in [0, 0.05) is 6.04 Å². The summed E-state index contributed by atoms with van der Waals surface area (Å²) in [6.07, 6.45) is 24.7. The first-order valence-corrected chi connectivity index (χ1v) is 13.2. The Morgan fingerprint density at radius 3 is 1.79 bits per heavy atom. The van der Waals surface area contributed by atoms with Crippen molar-refractivity contribution in [2.45, 2.75) is 150 Å². The Labute approximate surface area is 179 Å². The Hall–Kier alpha value is -0.0400. The molecular formula is C27H55N. The maximum Gasteiger partial charge on any atom is 0.00387 e. The Bertz CT molecular complexity index is 336. The molecule has 1 atom stereocenters. The highest BCUT2D eigenvalue weighted by molar-refractivity contribution is 4.82. The van der Waals surface area contributed by atoms with Crippen LogP contribution in [0.25, 0.3) is 0 Å². The van der Waals surface area contributed by atoms with Gasteiger partial charge in [0.25, 0.3) is 0 Å². The van der Waals surface area contributed by atoms with E-state index >= 15 is 0 Å². The molecule has 1 saturated carbocycles. The third-order valence-electron chi connectivity index (χ3n) is 7.08. The van der Waals surface area contributed by atoms with Gasteiger partial charge in [0.1, 0.15) is 0 Å². The van der Waals surface area contributed by atoms with Gasteiger partial charge in [0.05, 0.1) is 0 Å². The predicted octanol–water partition coefficient (Wildman–Crippen LogP) is 8.91. The maximum absolute atomic E-state index is 3.38. The molecule has 0 radical (unpaired) electrons. The van der Waals surface area contributed by atoms with E-state index in [1.807, 2.05) is 0 Å². The van der Waals surface area contributed by atoms with Crippen molar-refractivity contribution in [3.63, 3.8) is 0 Å². The van der Waals surface area contributed by atoms with Gasteiger partial charge in [-0.25, -0.2) is 0 Å². The number of hydrogen-bond acceptors (Lipinski definition) is 1. The van der Waals surface area contributed by atoms with Crippen LogP contribution in [-0.2, 0) is 0 Å². The van der Waals surface area contributed by atoms with Crippen LogP contribution in [-0.4, -0.2) is 12.6 Å². The van der Waals surface area contributed by atoms with Crippen molar-refractivity contribution in [2.75, 3.05) is 6.54 Å². The molecule has 0 bridgehead atoms. The van der Waals surface area contributed by atoms with Gasteiger partial charge in [0.15, 0.2) is 0 Å². The van der Waals surface area contributed by atoms with Crippen LogP contribution < -0.4 is 5.32 Å². The first-order chi connectivity index (χ1) is 13.4. The zero-order chi connectivity index (χ0) is 20.7. The SMILES string of the molecule is CC1CCCCN1.CCCCCCCCCCCCC(C)(C)CC1CC(C)C1. The van der Waals surface area contributed by atoms with Crippen molar-refractivity contribution < 1.29 is 0 Å². The van der Waals surface area contributed by atoms with Gasteiger partial charge in [-0.1, -0.05) is 98.3 Å². The number of rotatable bonds is 13. The van der Waals surface area contributed by atoms with Crippen LogP contribution in [0.1, 0.15) is 144 Å². The smallest absolute Gasteiger partial charge is 0.00387 e. The maximum atomic E-state index is 3.38. The summed E-state index contributed by atoms with van der Waals surface area (Å²) < 4.78 is 0. The van der Waals surface area contributed by atoms with E-state index in [4.69, 9.17) is 0 Å². The third-order valence-corrected chi connectivity index (χ3v) is 7.08. The summed E-state index contributed by atoms with van der Waals surface area (Å²) in [5, 5.41) is 3.38. The Kier molecular flexibility index (Phi) is 14.6. The number of piperidine rings is 1. The molecule has 168 valence electrons. The van der Waals surface area contributed by atoms with E-state index in [2.05, 4.69) is 39.9 Å². The molecule has 1 aliphatic carbocycles. The average Bonchev–Trinajstić information content (AvgIpc) is 2.63. The highest BCUT2D eigenvalue weighted by Crippen LogP contribution is 2.42. The Balaban J connectivity index is 0.000000467. The Morgan fingerprint density at radius 2 is 1.36 bits per heavy atom. The molecule has 0 aromatic carbocycles. The molecule has 1 aliphatic heterocycles. The van der Waals surface area contributed by atoms with Crippen LogP contribution in [0.3, 0.4) is 0 Å². The minimum atomic E-state index is 0.602. The van der Waals surface area contributed by atoms with Crippen LogP contribution in [0.4, 0.5) is 0 Å².